The van der Waals surface area contributed by atoms with E-state index >= 15 is 0 Å². The van der Waals surface area contributed by atoms with E-state index in [2.05, 4.69) is 26.0 Å². The van der Waals surface area contributed by atoms with Crippen LogP contribution < -0.4 is 0 Å². The molecule has 0 fully saturated rings. The molecule has 0 bridgehead atoms. The van der Waals surface area contributed by atoms with Crippen molar-refractivity contribution < 1.29 is 9.21 Å². The molecule has 0 aliphatic carbocycles. The van der Waals surface area contributed by atoms with Crippen LogP contribution in [0.15, 0.2) is 33.5 Å². The van der Waals surface area contributed by atoms with E-state index in [4.69, 9.17) is 4.42 Å². The fraction of sp³-hybridized carbons (Fsp3) is 0.353. The van der Waals surface area contributed by atoms with Gasteiger partial charge < -0.3 is 9.32 Å². The lowest BCUT2D eigenvalue weighted by Gasteiger charge is -2.17. The first-order chi connectivity index (χ1) is 11.4. The van der Waals surface area contributed by atoms with Crippen molar-refractivity contribution >= 4 is 32.9 Å². The minimum Gasteiger partial charge on any atom is -0.452 e. The standard InChI is InChI=1S/C17H19BrN4O2/c1-10(2)22-16-14(8-19-22)13(7-11(3)20-16)17(23)21(4)9-12-5-6-15(18)24-12/h5-8,10H,9H2,1-4H3. The van der Waals surface area contributed by atoms with Crippen LogP contribution >= 0.6 is 15.9 Å². The van der Waals surface area contributed by atoms with Crippen LogP contribution in [0.3, 0.4) is 0 Å². The zero-order valence-corrected chi connectivity index (χ0v) is 15.7. The average Bonchev–Trinajstić information content (AvgIpc) is 3.11. The topological polar surface area (TPSA) is 64.2 Å². The average molecular weight is 391 g/mol. The molecule has 1 amide bonds. The molecule has 0 atom stereocenters. The van der Waals surface area contributed by atoms with Gasteiger partial charge in [0, 0.05) is 18.8 Å². The van der Waals surface area contributed by atoms with Crippen LogP contribution in [-0.4, -0.2) is 32.6 Å². The van der Waals surface area contributed by atoms with Gasteiger partial charge in [0.05, 0.1) is 23.7 Å². The second-order valence-corrected chi connectivity index (χ2v) is 6.88. The number of fused-ring (bicyclic) bond motifs is 1. The highest BCUT2D eigenvalue weighted by Crippen LogP contribution is 2.23. The summed E-state index contributed by atoms with van der Waals surface area (Å²) >= 11 is 3.27. The number of rotatable bonds is 4. The Labute approximate surface area is 148 Å². The molecule has 3 heterocycles. The van der Waals surface area contributed by atoms with Crippen LogP contribution in [0.25, 0.3) is 11.0 Å². The Bertz CT molecular complexity index is 897. The monoisotopic (exact) mass is 390 g/mol. The number of halogens is 1. The minimum atomic E-state index is -0.0821. The maximum Gasteiger partial charge on any atom is 0.254 e. The predicted octanol–water partition coefficient (Wildman–Crippen LogP) is 3.95. The molecule has 126 valence electrons. The van der Waals surface area contributed by atoms with Gasteiger partial charge in [-0.2, -0.15) is 5.10 Å². The first kappa shape index (κ1) is 16.7. The molecule has 0 spiro atoms. The number of carbonyl (C=O) groups is 1. The van der Waals surface area contributed by atoms with Crippen molar-refractivity contribution in [2.45, 2.75) is 33.4 Å². The molecule has 24 heavy (non-hydrogen) atoms. The quantitative estimate of drug-likeness (QED) is 0.676. The lowest BCUT2D eigenvalue weighted by molar-refractivity contribution is 0.0777. The van der Waals surface area contributed by atoms with Crippen molar-refractivity contribution in [2.24, 2.45) is 0 Å². The van der Waals surface area contributed by atoms with Crippen molar-refractivity contribution in [3.05, 3.63) is 46.1 Å². The van der Waals surface area contributed by atoms with Gasteiger partial charge in [-0.3, -0.25) is 4.79 Å². The lowest BCUT2D eigenvalue weighted by Crippen LogP contribution is -2.26. The summed E-state index contributed by atoms with van der Waals surface area (Å²) in [7, 11) is 1.76. The van der Waals surface area contributed by atoms with Crippen molar-refractivity contribution in [1.29, 1.82) is 0 Å². The number of hydrogen-bond donors (Lipinski definition) is 0. The normalized spacial score (nSPS) is 11.4. The number of nitrogens with zero attached hydrogens (tertiary/aromatic N) is 4. The summed E-state index contributed by atoms with van der Waals surface area (Å²) < 4.78 is 7.97. The molecule has 0 saturated carbocycles. The van der Waals surface area contributed by atoms with E-state index in [1.54, 1.807) is 18.1 Å². The van der Waals surface area contributed by atoms with Crippen LogP contribution in [-0.2, 0) is 6.54 Å². The molecule has 0 aliphatic rings. The Hall–Kier alpha value is -2.15. The third-order valence-electron chi connectivity index (χ3n) is 3.78. The van der Waals surface area contributed by atoms with Gasteiger partial charge in [-0.1, -0.05) is 0 Å². The minimum absolute atomic E-state index is 0.0821. The third-order valence-corrected chi connectivity index (χ3v) is 4.21. The summed E-state index contributed by atoms with van der Waals surface area (Å²) in [5.74, 6) is 0.638. The molecule has 0 N–H and O–H groups in total. The van der Waals surface area contributed by atoms with E-state index in [1.807, 2.05) is 43.7 Å². The summed E-state index contributed by atoms with van der Waals surface area (Å²) in [6.45, 7) is 6.36. The van der Waals surface area contributed by atoms with Crippen molar-refractivity contribution in [2.75, 3.05) is 7.05 Å². The van der Waals surface area contributed by atoms with E-state index in [0.29, 0.717) is 16.8 Å². The van der Waals surface area contributed by atoms with Gasteiger partial charge >= 0.3 is 0 Å². The first-order valence-electron chi connectivity index (χ1n) is 7.71. The third kappa shape index (κ3) is 3.08. The van der Waals surface area contributed by atoms with Crippen LogP contribution in [0.1, 0.15) is 41.7 Å². The fourth-order valence-electron chi connectivity index (χ4n) is 2.65. The second kappa shape index (κ2) is 6.39. The number of aryl methyl sites for hydroxylation is 1. The highest BCUT2D eigenvalue weighted by Gasteiger charge is 2.20. The maximum absolute atomic E-state index is 12.9. The summed E-state index contributed by atoms with van der Waals surface area (Å²) in [4.78, 5) is 19.1. The number of furan rings is 1. The Balaban J connectivity index is 1.97. The maximum atomic E-state index is 12.9. The van der Waals surface area contributed by atoms with E-state index in [1.165, 1.54) is 0 Å². The van der Waals surface area contributed by atoms with Gasteiger partial charge in [0.2, 0.25) is 0 Å². The second-order valence-electron chi connectivity index (χ2n) is 6.10. The Morgan fingerprint density at radius 3 is 2.79 bits per heavy atom. The molecule has 3 aromatic rings. The number of carbonyl (C=O) groups excluding carboxylic acids is 1. The van der Waals surface area contributed by atoms with E-state index in [0.717, 1.165) is 22.5 Å². The van der Waals surface area contributed by atoms with Gasteiger partial charge in [-0.15, -0.1) is 0 Å². The van der Waals surface area contributed by atoms with Crippen molar-refractivity contribution in [3.8, 4) is 0 Å². The Morgan fingerprint density at radius 1 is 1.42 bits per heavy atom. The Kier molecular flexibility index (Phi) is 4.45. The molecule has 0 unspecified atom stereocenters. The zero-order valence-electron chi connectivity index (χ0n) is 14.1. The molecule has 0 aromatic carbocycles. The molecular formula is C17H19BrN4O2. The molecule has 3 rings (SSSR count). The first-order valence-corrected chi connectivity index (χ1v) is 8.50. The highest BCUT2D eigenvalue weighted by atomic mass is 79.9. The molecular weight excluding hydrogens is 372 g/mol. The van der Waals surface area contributed by atoms with E-state index in [-0.39, 0.29) is 11.9 Å². The molecule has 7 heteroatoms. The summed E-state index contributed by atoms with van der Waals surface area (Å²) in [5.41, 5.74) is 2.14. The molecule has 6 nitrogen and oxygen atoms in total. The molecule has 3 aromatic heterocycles. The SMILES string of the molecule is Cc1cc(C(=O)N(C)Cc2ccc(Br)o2)c2cnn(C(C)C)c2n1. The molecule has 0 aliphatic heterocycles. The summed E-state index contributed by atoms with van der Waals surface area (Å²) in [6, 6.07) is 5.65. The van der Waals surface area contributed by atoms with Crippen LogP contribution in [0.5, 0.6) is 0 Å². The van der Waals surface area contributed by atoms with Crippen LogP contribution in [0.4, 0.5) is 0 Å². The predicted molar refractivity (Wildman–Crippen MR) is 94.9 cm³/mol. The molecule has 0 saturated heterocycles. The van der Waals surface area contributed by atoms with Gasteiger partial charge in [0.15, 0.2) is 10.3 Å². The molecule has 0 radical (unpaired) electrons. The van der Waals surface area contributed by atoms with Gasteiger partial charge in [0.1, 0.15) is 5.76 Å². The van der Waals surface area contributed by atoms with Crippen LogP contribution in [0, 0.1) is 6.92 Å². The largest absolute Gasteiger partial charge is 0.452 e. The van der Waals surface area contributed by atoms with Crippen molar-refractivity contribution in [3.63, 3.8) is 0 Å². The summed E-state index contributed by atoms with van der Waals surface area (Å²) in [6.07, 6.45) is 1.71. The summed E-state index contributed by atoms with van der Waals surface area (Å²) in [5, 5.41) is 5.15. The van der Waals surface area contributed by atoms with Gasteiger partial charge in [-0.05, 0) is 54.9 Å². The van der Waals surface area contributed by atoms with E-state index in [9.17, 15) is 4.79 Å². The number of hydrogen-bond acceptors (Lipinski definition) is 4. The number of pyridine rings is 1. The van der Waals surface area contributed by atoms with Crippen LogP contribution in [0.2, 0.25) is 0 Å². The zero-order chi connectivity index (χ0) is 17.4. The fourth-order valence-corrected chi connectivity index (χ4v) is 2.99. The van der Waals surface area contributed by atoms with Gasteiger partial charge in [0.25, 0.3) is 5.91 Å². The number of aromatic nitrogens is 3. The highest BCUT2D eigenvalue weighted by molar-refractivity contribution is 9.10. The van der Waals surface area contributed by atoms with Gasteiger partial charge in [-0.25, -0.2) is 9.67 Å². The number of amides is 1. The van der Waals surface area contributed by atoms with Crippen molar-refractivity contribution in [1.82, 2.24) is 19.7 Å². The Morgan fingerprint density at radius 2 is 2.17 bits per heavy atom. The lowest BCUT2D eigenvalue weighted by atomic mass is 10.1. The smallest absolute Gasteiger partial charge is 0.254 e. The van der Waals surface area contributed by atoms with E-state index < -0.39 is 0 Å².